The van der Waals surface area contributed by atoms with Crippen molar-refractivity contribution in [2.75, 3.05) is 27.7 Å². The maximum absolute atomic E-state index is 9.68. The van der Waals surface area contributed by atoms with E-state index >= 15 is 0 Å². The highest BCUT2D eigenvalue weighted by molar-refractivity contribution is 4.81. The molecule has 0 amide bonds. The largest absolute Gasteiger partial charge is 0.377 e. The minimum atomic E-state index is -0.303. The summed E-state index contributed by atoms with van der Waals surface area (Å²) < 4.78 is 0. The van der Waals surface area contributed by atoms with Gasteiger partial charge in [0.25, 0.3) is 0 Å². The van der Waals surface area contributed by atoms with Crippen LogP contribution in [0.4, 0.5) is 0 Å². The summed E-state index contributed by atoms with van der Waals surface area (Å²) >= 11 is 0. The molecule has 1 heterocycles. The van der Waals surface area contributed by atoms with E-state index in [4.69, 9.17) is 0 Å². The van der Waals surface area contributed by atoms with Gasteiger partial charge in [-0.2, -0.15) is 0 Å². The fourth-order valence-electron chi connectivity index (χ4n) is 1.66. The highest BCUT2D eigenvalue weighted by atomic mass is 16.3. The predicted octanol–water partition coefficient (Wildman–Crippen LogP) is -0.0394. The third-order valence-electron chi connectivity index (χ3n) is 2.45. The molecule has 1 rings (SSSR count). The van der Waals surface area contributed by atoms with Crippen molar-refractivity contribution in [3.8, 4) is 0 Å². The van der Waals surface area contributed by atoms with Crippen LogP contribution >= 0.6 is 0 Å². The van der Waals surface area contributed by atoms with Crippen LogP contribution in [0.2, 0.25) is 0 Å². The van der Waals surface area contributed by atoms with Gasteiger partial charge >= 0.3 is 0 Å². The first-order valence-corrected chi connectivity index (χ1v) is 4.17. The molecule has 3 heteroatoms. The van der Waals surface area contributed by atoms with Crippen molar-refractivity contribution in [3.63, 3.8) is 0 Å². The van der Waals surface area contributed by atoms with Gasteiger partial charge in [0, 0.05) is 6.04 Å². The highest BCUT2D eigenvalue weighted by Gasteiger charge is 2.28. The zero-order valence-corrected chi connectivity index (χ0v) is 7.62. The van der Waals surface area contributed by atoms with Crippen LogP contribution in [0.3, 0.4) is 0 Å². The number of rotatable bonds is 2. The lowest BCUT2D eigenvalue weighted by Gasteiger charge is -2.29. The second-order valence-electron chi connectivity index (χ2n) is 3.57. The number of nitrogens with zero attached hydrogens (tertiary/aromatic N) is 2. The molecule has 0 spiro atoms. The molecule has 11 heavy (non-hydrogen) atoms. The van der Waals surface area contributed by atoms with E-state index in [1.165, 1.54) is 6.42 Å². The van der Waals surface area contributed by atoms with E-state index in [2.05, 4.69) is 11.9 Å². The van der Waals surface area contributed by atoms with Gasteiger partial charge < -0.3 is 5.11 Å². The molecule has 0 saturated carbocycles. The maximum atomic E-state index is 9.68. The SMILES string of the molecule is CN(C)C(O)C1CCCN1C. The molecule has 1 aliphatic heterocycles. The molecule has 66 valence electrons. The number of aliphatic hydroxyl groups is 1. The molecule has 0 radical (unpaired) electrons. The van der Waals surface area contributed by atoms with Gasteiger partial charge in [-0.25, -0.2) is 0 Å². The van der Waals surface area contributed by atoms with Crippen molar-refractivity contribution >= 4 is 0 Å². The Balaban J connectivity index is 2.45. The van der Waals surface area contributed by atoms with Crippen LogP contribution in [-0.4, -0.2) is 54.9 Å². The second kappa shape index (κ2) is 3.52. The molecule has 0 aromatic carbocycles. The average molecular weight is 158 g/mol. The number of hydrogen-bond donors (Lipinski definition) is 1. The number of aliphatic hydroxyl groups excluding tert-OH is 1. The zero-order chi connectivity index (χ0) is 8.43. The summed E-state index contributed by atoms with van der Waals surface area (Å²) in [4.78, 5) is 4.09. The van der Waals surface area contributed by atoms with Crippen LogP contribution in [0.25, 0.3) is 0 Å². The van der Waals surface area contributed by atoms with E-state index in [-0.39, 0.29) is 6.23 Å². The van der Waals surface area contributed by atoms with E-state index in [1.807, 2.05) is 19.0 Å². The van der Waals surface area contributed by atoms with Crippen molar-refractivity contribution in [2.45, 2.75) is 25.1 Å². The summed E-state index contributed by atoms with van der Waals surface area (Å²) in [5.74, 6) is 0. The summed E-state index contributed by atoms with van der Waals surface area (Å²) in [5.41, 5.74) is 0. The number of likely N-dealkylation sites (N-methyl/N-ethyl adjacent to an activating group) is 2. The fraction of sp³-hybridized carbons (Fsp3) is 1.00. The second-order valence-corrected chi connectivity index (χ2v) is 3.57. The molecule has 0 aliphatic carbocycles. The van der Waals surface area contributed by atoms with Gasteiger partial charge in [-0.3, -0.25) is 9.80 Å². The van der Waals surface area contributed by atoms with Crippen molar-refractivity contribution in [1.29, 1.82) is 0 Å². The van der Waals surface area contributed by atoms with E-state index in [0.717, 1.165) is 13.0 Å². The van der Waals surface area contributed by atoms with E-state index < -0.39 is 0 Å². The quantitative estimate of drug-likeness (QED) is 0.571. The van der Waals surface area contributed by atoms with Gasteiger partial charge in [-0.05, 0) is 40.5 Å². The van der Waals surface area contributed by atoms with Crippen molar-refractivity contribution in [2.24, 2.45) is 0 Å². The molecule has 0 bridgehead atoms. The molecule has 2 atom stereocenters. The first kappa shape index (κ1) is 8.97. The van der Waals surface area contributed by atoms with Crippen LogP contribution in [0.15, 0.2) is 0 Å². The molecule has 1 N–H and O–H groups in total. The van der Waals surface area contributed by atoms with Crippen LogP contribution in [0, 0.1) is 0 Å². The Hall–Kier alpha value is -0.120. The molecule has 0 aromatic heterocycles. The van der Waals surface area contributed by atoms with E-state index in [9.17, 15) is 5.11 Å². The molecule has 1 aliphatic rings. The molecule has 2 unspecified atom stereocenters. The third kappa shape index (κ3) is 1.92. The molecular weight excluding hydrogens is 140 g/mol. The van der Waals surface area contributed by atoms with Crippen LogP contribution in [-0.2, 0) is 0 Å². The fourth-order valence-corrected chi connectivity index (χ4v) is 1.66. The summed E-state index contributed by atoms with van der Waals surface area (Å²) in [7, 11) is 5.90. The topological polar surface area (TPSA) is 26.7 Å². The Morgan fingerprint density at radius 2 is 2.18 bits per heavy atom. The lowest BCUT2D eigenvalue weighted by molar-refractivity contribution is -0.0173. The first-order valence-electron chi connectivity index (χ1n) is 4.17. The standard InChI is InChI=1S/C8H18N2O/c1-9(2)8(11)7-5-4-6-10(7)3/h7-8,11H,4-6H2,1-3H3. The normalized spacial score (nSPS) is 29.7. The summed E-state index contributed by atoms with van der Waals surface area (Å²) in [6.45, 7) is 1.12. The lowest BCUT2D eigenvalue weighted by Crippen LogP contribution is -2.44. The minimum absolute atomic E-state index is 0.303. The Morgan fingerprint density at radius 3 is 2.55 bits per heavy atom. The van der Waals surface area contributed by atoms with Gasteiger partial charge in [0.05, 0.1) is 0 Å². The highest BCUT2D eigenvalue weighted by Crippen LogP contribution is 2.18. The Kier molecular flexibility index (Phi) is 2.87. The van der Waals surface area contributed by atoms with Gasteiger partial charge in [0.2, 0.25) is 0 Å². The Morgan fingerprint density at radius 1 is 1.55 bits per heavy atom. The maximum Gasteiger partial charge on any atom is 0.122 e. The Bertz CT molecular complexity index is 127. The van der Waals surface area contributed by atoms with Crippen molar-refractivity contribution in [1.82, 2.24) is 9.80 Å². The third-order valence-corrected chi connectivity index (χ3v) is 2.45. The van der Waals surface area contributed by atoms with Gasteiger partial charge in [0.1, 0.15) is 6.23 Å². The van der Waals surface area contributed by atoms with Crippen LogP contribution < -0.4 is 0 Å². The monoisotopic (exact) mass is 158 g/mol. The lowest BCUT2D eigenvalue weighted by atomic mass is 10.2. The zero-order valence-electron chi connectivity index (χ0n) is 7.62. The van der Waals surface area contributed by atoms with Gasteiger partial charge in [-0.15, -0.1) is 0 Å². The summed E-state index contributed by atoms with van der Waals surface area (Å²) in [6, 6.07) is 0.338. The molecule has 3 nitrogen and oxygen atoms in total. The predicted molar refractivity (Wildman–Crippen MR) is 45.3 cm³/mol. The van der Waals surface area contributed by atoms with Crippen molar-refractivity contribution < 1.29 is 5.11 Å². The van der Waals surface area contributed by atoms with Gasteiger partial charge in [0.15, 0.2) is 0 Å². The molecule has 1 fully saturated rings. The van der Waals surface area contributed by atoms with E-state index in [0.29, 0.717) is 6.04 Å². The van der Waals surface area contributed by atoms with E-state index in [1.54, 1.807) is 0 Å². The summed E-state index contributed by atoms with van der Waals surface area (Å²) in [6.07, 6.45) is 2.03. The number of likely N-dealkylation sites (tertiary alicyclic amines) is 1. The average Bonchev–Trinajstić information content (AvgIpc) is 2.33. The molecule has 1 saturated heterocycles. The molecular formula is C8H18N2O. The summed E-state index contributed by atoms with van der Waals surface area (Å²) in [5, 5.41) is 9.68. The minimum Gasteiger partial charge on any atom is -0.377 e. The van der Waals surface area contributed by atoms with Crippen LogP contribution in [0.5, 0.6) is 0 Å². The number of hydrogen-bond acceptors (Lipinski definition) is 3. The van der Waals surface area contributed by atoms with Crippen molar-refractivity contribution in [3.05, 3.63) is 0 Å². The van der Waals surface area contributed by atoms with Gasteiger partial charge in [-0.1, -0.05) is 0 Å². The smallest absolute Gasteiger partial charge is 0.122 e. The first-order chi connectivity index (χ1) is 5.13. The Labute approximate surface area is 68.6 Å². The molecule has 0 aromatic rings. The van der Waals surface area contributed by atoms with Crippen LogP contribution in [0.1, 0.15) is 12.8 Å².